The molecule has 7 heteroatoms. The van der Waals surface area contributed by atoms with Gasteiger partial charge < -0.3 is 15.2 Å². The number of rotatable bonds is 6. The standard InChI is InChI=1S/C26H28N4O3/c31-24(11-5-10-23-28-21-8-3-2-7-20(21)26(33)29-23)27-18-12-14-19(15-13-18)30-22-9-4-1-6-17(22)16-25(30)32/h1-4,6-9,18-19H,5,10-16H2,(H,27,31)(H,28,29,33). The lowest BCUT2D eigenvalue weighted by atomic mass is 9.90. The number of aromatic amines is 1. The molecule has 0 radical (unpaired) electrons. The summed E-state index contributed by atoms with van der Waals surface area (Å²) in [6.07, 6.45) is 5.61. The Morgan fingerprint density at radius 1 is 1.03 bits per heavy atom. The molecule has 0 bridgehead atoms. The highest BCUT2D eigenvalue weighted by Gasteiger charge is 2.35. The third-order valence-corrected chi connectivity index (χ3v) is 6.77. The summed E-state index contributed by atoms with van der Waals surface area (Å²) in [5, 5.41) is 3.73. The minimum absolute atomic E-state index is 0.0316. The number of nitrogens with one attached hydrogen (secondary N) is 2. The van der Waals surface area contributed by atoms with E-state index < -0.39 is 0 Å². The molecule has 2 aliphatic rings. The van der Waals surface area contributed by atoms with E-state index in [0.717, 1.165) is 36.9 Å². The lowest BCUT2D eigenvalue weighted by Crippen LogP contribution is -2.45. The van der Waals surface area contributed by atoms with Gasteiger partial charge in [-0.3, -0.25) is 14.4 Å². The monoisotopic (exact) mass is 444 g/mol. The van der Waals surface area contributed by atoms with Crippen molar-refractivity contribution in [3.05, 3.63) is 70.3 Å². The molecular formula is C26H28N4O3. The van der Waals surface area contributed by atoms with Crippen LogP contribution in [-0.4, -0.2) is 33.9 Å². The lowest BCUT2D eigenvalue weighted by Gasteiger charge is -2.35. The number of hydrogen-bond acceptors (Lipinski definition) is 4. The van der Waals surface area contributed by atoms with Gasteiger partial charge in [-0.05, 0) is 55.9 Å². The number of carbonyl (C=O) groups excluding carboxylic acids is 2. The van der Waals surface area contributed by atoms with E-state index in [0.29, 0.717) is 42.4 Å². The van der Waals surface area contributed by atoms with Crippen LogP contribution in [-0.2, 0) is 22.4 Å². The fourth-order valence-corrected chi connectivity index (χ4v) is 5.13. The van der Waals surface area contributed by atoms with E-state index in [9.17, 15) is 14.4 Å². The van der Waals surface area contributed by atoms with Gasteiger partial charge in [0.05, 0.1) is 17.3 Å². The maximum absolute atomic E-state index is 12.5. The van der Waals surface area contributed by atoms with Crippen LogP contribution >= 0.6 is 0 Å². The highest BCUT2D eigenvalue weighted by atomic mass is 16.2. The van der Waals surface area contributed by atoms with Crippen LogP contribution in [0.15, 0.2) is 53.3 Å². The molecule has 0 atom stereocenters. The number of carbonyl (C=O) groups is 2. The molecule has 1 aliphatic heterocycles. The van der Waals surface area contributed by atoms with Crippen molar-refractivity contribution in [2.45, 2.75) is 63.5 Å². The van der Waals surface area contributed by atoms with E-state index in [1.807, 2.05) is 47.4 Å². The number of amides is 2. The largest absolute Gasteiger partial charge is 0.353 e. The van der Waals surface area contributed by atoms with E-state index >= 15 is 0 Å². The van der Waals surface area contributed by atoms with E-state index in [-0.39, 0.29) is 29.5 Å². The normalized spacial score (nSPS) is 20.1. The van der Waals surface area contributed by atoms with Gasteiger partial charge in [-0.1, -0.05) is 30.3 Å². The summed E-state index contributed by atoms with van der Waals surface area (Å²) < 4.78 is 0. The first kappa shape index (κ1) is 21.4. The van der Waals surface area contributed by atoms with E-state index in [1.165, 1.54) is 0 Å². The second kappa shape index (κ2) is 9.17. The number of aryl methyl sites for hydroxylation is 1. The molecule has 7 nitrogen and oxygen atoms in total. The van der Waals surface area contributed by atoms with Crippen LogP contribution in [0.4, 0.5) is 5.69 Å². The number of aromatic nitrogens is 2. The van der Waals surface area contributed by atoms with Gasteiger partial charge in [0.25, 0.3) is 5.56 Å². The highest BCUT2D eigenvalue weighted by Crippen LogP contribution is 2.35. The Hall–Kier alpha value is -3.48. The second-order valence-corrected chi connectivity index (χ2v) is 9.03. The smallest absolute Gasteiger partial charge is 0.258 e. The molecule has 1 fully saturated rings. The molecule has 0 unspecified atom stereocenters. The van der Waals surface area contributed by atoms with Crippen LogP contribution in [0.3, 0.4) is 0 Å². The number of hydrogen-bond donors (Lipinski definition) is 2. The van der Waals surface area contributed by atoms with Crippen molar-refractivity contribution in [2.24, 2.45) is 0 Å². The van der Waals surface area contributed by atoms with Crippen molar-refractivity contribution in [3.63, 3.8) is 0 Å². The van der Waals surface area contributed by atoms with Crippen LogP contribution in [0.5, 0.6) is 0 Å². The van der Waals surface area contributed by atoms with Crippen LogP contribution in [0.1, 0.15) is 49.9 Å². The summed E-state index contributed by atoms with van der Waals surface area (Å²) in [4.78, 5) is 46.5. The van der Waals surface area contributed by atoms with Gasteiger partial charge in [0.2, 0.25) is 11.8 Å². The summed E-state index contributed by atoms with van der Waals surface area (Å²) in [5.74, 6) is 0.829. The number of anilines is 1. The topological polar surface area (TPSA) is 95.2 Å². The van der Waals surface area contributed by atoms with Gasteiger partial charge in [-0.25, -0.2) is 4.98 Å². The van der Waals surface area contributed by atoms with Gasteiger partial charge in [-0.15, -0.1) is 0 Å². The van der Waals surface area contributed by atoms with Crippen molar-refractivity contribution in [1.82, 2.24) is 15.3 Å². The molecule has 0 spiro atoms. The Bertz CT molecular complexity index is 1240. The minimum Gasteiger partial charge on any atom is -0.353 e. The maximum atomic E-state index is 12.5. The van der Waals surface area contributed by atoms with Gasteiger partial charge in [0, 0.05) is 30.6 Å². The van der Waals surface area contributed by atoms with E-state index in [4.69, 9.17) is 0 Å². The second-order valence-electron chi connectivity index (χ2n) is 9.03. The number of benzene rings is 2. The molecule has 3 aromatic rings. The summed E-state index contributed by atoms with van der Waals surface area (Å²) in [6, 6.07) is 15.7. The first-order valence-electron chi connectivity index (χ1n) is 11.8. The molecule has 0 saturated heterocycles. The zero-order valence-electron chi connectivity index (χ0n) is 18.5. The van der Waals surface area contributed by atoms with Crippen molar-refractivity contribution < 1.29 is 9.59 Å². The number of para-hydroxylation sites is 2. The molecule has 170 valence electrons. The van der Waals surface area contributed by atoms with Crippen LogP contribution in [0.25, 0.3) is 10.9 Å². The number of nitrogens with zero attached hydrogens (tertiary/aromatic N) is 2. The quantitative estimate of drug-likeness (QED) is 0.610. The van der Waals surface area contributed by atoms with Crippen molar-refractivity contribution in [1.29, 1.82) is 0 Å². The predicted molar refractivity (Wildman–Crippen MR) is 127 cm³/mol. The van der Waals surface area contributed by atoms with Gasteiger partial charge in [-0.2, -0.15) is 0 Å². The SMILES string of the molecule is O=C(CCCc1nc2ccccc2c(=O)[nH]1)NC1CCC(N2C(=O)Cc3ccccc32)CC1. The molecule has 1 aromatic heterocycles. The molecule has 5 rings (SSSR count). The molecule has 2 heterocycles. The summed E-state index contributed by atoms with van der Waals surface area (Å²) in [6.45, 7) is 0. The van der Waals surface area contributed by atoms with E-state index in [2.05, 4.69) is 15.3 Å². The van der Waals surface area contributed by atoms with Crippen molar-refractivity contribution in [3.8, 4) is 0 Å². The summed E-state index contributed by atoms with van der Waals surface area (Å²) in [7, 11) is 0. The van der Waals surface area contributed by atoms with Gasteiger partial charge in [0.15, 0.2) is 0 Å². The summed E-state index contributed by atoms with van der Waals surface area (Å²) >= 11 is 0. The van der Waals surface area contributed by atoms with Crippen LogP contribution in [0, 0.1) is 0 Å². The highest BCUT2D eigenvalue weighted by molar-refractivity contribution is 6.01. The maximum Gasteiger partial charge on any atom is 0.258 e. The Morgan fingerprint density at radius 3 is 2.64 bits per heavy atom. The molecule has 2 aromatic carbocycles. The van der Waals surface area contributed by atoms with Crippen LogP contribution < -0.4 is 15.8 Å². The fourth-order valence-electron chi connectivity index (χ4n) is 5.13. The fraction of sp³-hybridized carbons (Fsp3) is 0.385. The van der Waals surface area contributed by atoms with E-state index in [1.54, 1.807) is 6.07 Å². The zero-order valence-corrected chi connectivity index (χ0v) is 18.5. The lowest BCUT2D eigenvalue weighted by molar-refractivity contribution is -0.122. The Balaban J connectivity index is 1.09. The molecule has 2 amide bonds. The molecule has 1 aliphatic carbocycles. The Kier molecular flexibility index (Phi) is 5.94. The first-order chi connectivity index (χ1) is 16.1. The average molecular weight is 445 g/mol. The first-order valence-corrected chi connectivity index (χ1v) is 11.8. The van der Waals surface area contributed by atoms with Gasteiger partial charge in [0.1, 0.15) is 5.82 Å². The molecular weight excluding hydrogens is 416 g/mol. The predicted octanol–water partition coefficient (Wildman–Crippen LogP) is 3.26. The van der Waals surface area contributed by atoms with Gasteiger partial charge >= 0.3 is 0 Å². The molecule has 33 heavy (non-hydrogen) atoms. The minimum atomic E-state index is -0.143. The zero-order chi connectivity index (χ0) is 22.8. The van der Waals surface area contributed by atoms with Crippen molar-refractivity contribution >= 4 is 28.4 Å². The average Bonchev–Trinajstić information content (AvgIpc) is 3.15. The number of fused-ring (bicyclic) bond motifs is 2. The third kappa shape index (κ3) is 4.53. The number of H-pyrrole nitrogens is 1. The molecule has 1 saturated carbocycles. The Morgan fingerprint density at radius 2 is 1.79 bits per heavy atom. The van der Waals surface area contributed by atoms with Crippen molar-refractivity contribution in [2.75, 3.05) is 4.90 Å². The Labute approximate surface area is 192 Å². The third-order valence-electron chi connectivity index (χ3n) is 6.77. The summed E-state index contributed by atoms with van der Waals surface area (Å²) in [5.41, 5.74) is 2.70. The molecule has 2 N–H and O–H groups in total. The van der Waals surface area contributed by atoms with Crippen LogP contribution in [0.2, 0.25) is 0 Å².